The van der Waals surface area contributed by atoms with Gasteiger partial charge in [-0.25, -0.2) is 4.99 Å². The van der Waals surface area contributed by atoms with Crippen molar-refractivity contribution in [2.45, 2.75) is 24.9 Å². The second-order valence-corrected chi connectivity index (χ2v) is 5.15. The molecular weight excluding hydrogens is 210 g/mol. The molecule has 1 saturated heterocycles. The van der Waals surface area contributed by atoms with Gasteiger partial charge in [0.2, 0.25) is 5.96 Å². The van der Waals surface area contributed by atoms with Crippen LogP contribution in [0.4, 0.5) is 5.00 Å². The van der Waals surface area contributed by atoms with Gasteiger partial charge in [0.15, 0.2) is 0 Å². The van der Waals surface area contributed by atoms with Gasteiger partial charge < -0.3 is 4.90 Å². The van der Waals surface area contributed by atoms with E-state index < -0.39 is 0 Å². The molecule has 1 saturated carbocycles. The number of carbonyl (C=O) groups is 1. The minimum Gasteiger partial charge on any atom is -0.323 e. The molecule has 76 valence electrons. The molecule has 2 fully saturated rings. The molecule has 2 aliphatic heterocycles. The molecule has 0 unspecified atom stereocenters. The molecule has 3 aliphatic rings. The van der Waals surface area contributed by atoms with Crippen LogP contribution in [-0.4, -0.2) is 22.3 Å². The summed E-state index contributed by atoms with van der Waals surface area (Å²) >= 11 is 1.63. The summed E-state index contributed by atoms with van der Waals surface area (Å²) < 4.78 is 0. The highest BCUT2D eigenvalue weighted by Gasteiger charge is 2.61. The normalized spacial score (nSPS) is 24.7. The molecule has 1 aromatic rings. The van der Waals surface area contributed by atoms with Crippen molar-refractivity contribution in [3.05, 3.63) is 17.0 Å². The van der Waals surface area contributed by atoms with Crippen molar-refractivity contribution in [2.75, 3.05) is 0 Å². The van der Waals surface area contributed by atoms with Crippen LogP contribution in [0.15, 0.2) is 16.4 Å². The Bertz CT molecular complexity index is 501. The van der Waals surface area contributed by atoms with E-state index in [1.54, 1.807) is 11.3 Å². The van der Waals surface area contributed by atoms with E-state index in [0.29, 0.717) is 0 Å². The number of hydrogen-bond donors (Lipinski definition) is 1. The third-order valence-corrected chi connectivity index (χ3v) is 4.25. The van der Waals surface area contributed by atoms with E-state index in [4.69, 9.17) is 0 Å². The van der Waals surface area contributed by atoms with Crippen molar-refractivity contribution in [2.24, 2.45) is 4.99 Å². The van der Waals surface area contributed by atoms with Crippen LogP contribution < -0.4 is 5.32 Å². The number of rotatable bonds is 0. The third-order valence-electron chi connectivity index (χ3n) is 3.40. The monoisotopic (exact) mass is 219 g/mol. The Morgan fingerprint density at radius 1 is 1.53 bits per heavy atom. The summed E-state index contributed by atoms with van der Waals surface area (Å²) in [7, 11) is 0. The van der Waals surface area contributed by atoms with Crippen LogP contribution in [0.5, 0.6) is 0 Å². The lowest BCUT2D eigenvalue weighted by Gasteiger charge is -2.26. The Hall–Kier alpha value is -1.36. The Morgan fingerprint density at radius 2 is 2.40 bits per heavy atom. The fraction of sp³-hybridized carbons (Fsp3) is 0.400. The maximum Gasteiger partial charge on any atom is 0.252 e. The van der Waals surface area contributed by atoms with Crippen molar-refractivity contribution in [3.8, 4) is 0 Å². The molecule has 0 atom stereocenters. The topological polar surface area (TPSA) is 44.7 Å². The largest absolute Gasteiger partial charge is 0.323 e. The van der Waals surface area contributed by atoms with Gasteiger partial charge in [-0.3, -0.25) is 10.1 Å². The first-order valence-corrected chi connectivity index (χ1v) is 5.92. The van der Waals surface area contributed by atoms with Crippen LogP contribution in [0.25, 0.3) is 0 Å². The number of aliphatic imine (C=N–C) groups is 1. The van der Waals surface area contributed by atoms with E-state index in [-0.39, 0.29) is 11.4 Å². The molecule has 15 heavy (non-hydrogen) atoms. The van der Waals surface area contributed by atoms with Crippen LogP contribution in [0, 0.1) is 0 Å². The minimum atomic E-state index is -0.238. The second kappa shape index (κ2) is 2.24. The molecule has 1 aliphatic carbocycles. The van der Waals surface area contributed by atoms with Crippen molar-refractivity contribution >= 4 is 28.2 Å². The fourth-order valence-electron chi connectivity index (χ4n) is 2.35. The summed E-state index contributed by atoms with van der Waals surface area (Å²) in [5.41, 5.74) is 1.00. The van der Waals surface area contributed by atoms with Gasteiger partial charge in [0.25, 0.3) is 5.91 Å². The predicted octanol–water partition coefficient (Wildman–Crippen LogP) is 1.21. The molecule has 4 nitrogen and oxygen atoms in total. The van der Waals surface area contributed by atoms with E-state index in [1.165, 1.54) is 5.56 Å². The van der Waals surface area contributed by atoms with Crippen LogP contribution >= 0.6 is 11.3 Å². The quantitative estimate of drug-likeness (QED) is 0.713. The maximum absolute atomic E-state index is 11.8. The second-order valence-electron chi connectivity index (χ2n) is 4.26. The van der Waals surface area contributed by atoms with Crippen molar-refractivity contribution in [1.29, 1.82) is 0 Å². The molecule has 1 aromatic heterocycles. The summed E-state index contributed by atoms with van der Waals surface area (Å²) in [6.07, 6.45) is 1.94. The summed E-state index contributed by atoms with van der Waals surface area (Å²) in [5, 5.41) is 5.98. The molecule has 1 amide bonds. The molecule has 1 N–H and O–H groups in total. The van der Waals surface area contributed by atoms with Crippen molar-refractivity contribution < 1.29 is 4.79 Å². The van der Waals surface area contributed by atoms with E-state index in [0.717, 1.165) is 30.3 Å². The molecule has 5 heteroatoms. The minimum absolute atomic E-state index is 0.136. The highest BCUT2D eigenvalue weighted by atomic mass is 32.1. The van der Waals surface area contributed by atoms with Crippen LogP contribution in [-0.2, 0) is 11.3 Å². The zero-order chi connectivity index (χ0) is 10.0. The third kappa shape index (κ3) is 0.825. The van der Waals surface area contributed by atoms with Gasteiger partial charge >= 0.3 is 0 Å². The first-order chi connectivity index (χ1) is 7.29. The van der Waals surface area contributed by atoms with Gasteiger partial charge in [0, 0.05) is 12.1 Å². The number of amides is 1. The van der Waals surface area contributed by atoms with Crippen molar-refractivity contribution in [1.82, 2.24) is 10.2 Å². The van der Waals surface area contributed by atoms with Gasteiger partial charge in [-0.2, -0.15) is 0 Å². The lowest BCUT2D eigenvalue weighted by molar-refractivity contribution is -0.122. The van der Waals surface area contributed by atoms with Gasteiger partial charge in [0.1, 0.15) is 10.5 Å². The number of thiophene rings is 1. The summed E-state index contributed by atoms with van der Waals surface area (Å²) in [5.74, 6) is 0.892. The SMILES string of the molecule is O=C1NC2=Nc3sccc3CN2C12CC2. The average Bonchev–Trinajstić information content (AvgIpc) is 2.83. The van der Waals surface area contributed by atoms with Crippen molar-refractivity contribution in [3.63, 3.8) is 0 Å². The van der Waals surface area contributed by atoms with E-state index in [2.05, 4.69) is 26.7 Å². The number of fused-ring (bicyclic) bond motifs is 3. The smallest absolute Gasteiger partial charge is 0.252 e. The standard InChI is InChI=1S/C10H9N3OS/c14-8-10(2-3-10)13-5-6-1-4-15-7(6)11-9(13)12-8/h1,4H,2-3,5H2,(H,11,12,14). The average molecular weight is 219 g/mol. The van der Waals surface area contributed by atoms with Gasteiger partial charge in [-0.15, -0.1) is 11.3 Å². The van der Waals surface area contributed by atoms with E-state index in [1.807, 2.05) is 0 Å². The molecule has 1 spiro atoms. The van der Waals surface area contributed by atoms with Crippen LogP contribution in [0.2, 0.25) is 0 Å². The maximum atomic E-state index is 11.8. The lowest BCUT2D eigenvalue weighted by atomic mass is 10.2. The molecule has 4 rings (SSSR count). The highest BCUT2D eigenvalue weighted by Crippen LogP contribution is 2.48. The number of guanidine groups is 1. The lowest BCUT2D eigenvalue weighted by Crippen LogP contribution is -2.38. The summed E-state index contributed by atoms with van der Waals surface area (Å²) in [6.45, 7) is 0.830. The molecule has 0 bridgehead atoms. The fourth-order valence-corrected chi connectivity index (χ4v) is 3.14. The predicted molar refractivity (Wildman–Crippen MR) is 57.1 cm³/mol. The summed E-state index contributed by atoms with van der Waals surface area (Å²) in [6, 6.07) is 2.10. The van der Waals surface area contributed by atoms with E-state index >= 15 is 0 Å². The first-order valence-electron chi connectivity index (χ1n) is 5.04. The van der Waals surface area contributed by atoms with Crippen LogP contribution in [0.1, 0.15) is 18.4 Å². The molecule has 0 radical (unpaired) electrons. The Balaban J connectivity index is 1.86. The number of nitrogens with one attached hydrogen (secondary N) is 1. The number of carbonyl (C=O) groups excluding carboxylic acids is 1. The summed E-state index contributed by atoms with van der Waals surface area (Å²) in [4.78, 5) is 18.4. The highest BCUT2D eigenvalue weighted by molar-refractivity contribution is 7.14. The first kappa shape index (κ1) is 7.87. The van der Waals surface area contributed by atoms with Crippen LogP contribution in [0.3, 0.4) is 0 Å². The number of nitrogens with zero attached hydrogens (tertiary/aromatic N) is 2. The molecule has 3 heterocycles. The zero-order valence-electron chi connectivity index (χ0n) is 7.99. The van der Waals surface area contributed by atoms with Gasteiger partial charge in [0.05, 0.1) is 0 Å². The Labute approximate surface area is 90.6 Å². The van der Waals surface area contributed by atoms with Gasteiger partial charge in [-0.1, -0.05) is 0 Å². The van der Waals surface area contributed by atoms with E-state index in [9.17, 15) is 4.79 Å². The molecule has 0 aromatic carbocycles. The Kier molecular flexibility index (Phi) is 1.18. The zero-order valence-corrected chi connectivity index (χ0v) is 8.80. The molecular formula is C10H9N3OS. The number of hydrogen-bond acceptors (Lipinski definition) is 4. The Morgan fingerprint density at radius 3 is 3.20 bits per heavy atom. The van der Waals surface area contributed by atoms with Gasteiger partial charge in [-0.05, 0) is 24.3 Å².